The predicted octanol–water partition coefficient (Wildman–Crippen LogP) is 3.42. The average molecular weight is 964 g/mol. The fourth-order valence-electron chi connectivity index (χ4n) is 7.58. The number of rotatable bonds is 20. The molecule has 0 aliphatic carbocycles. The summed E-state index contributed by atoms with van der Waals surface area (Å²) in [6.07, 6.45) is 9.30. The zero-order chi connectivity index (χ0) is 51.1. The van der Waals surface area contributed by atoms with E-state index >= 15 is 0 Å². The topological polar surface area (TPSA) is 260 Å². The van der Waals surface area contributed by atoms with Crippen LogP contribution < -0.4 is 31.9 Å². The number of ether oxygens (including phenoxy) is 2. The number of nitrogens with zero attached hydrogens (tertiary/aromatic N) is 7. The van der Waals surface area contributed by atoms with E-state index in [0.717, 1.165) is 6.54 Å². The van der Waals surface area contributed by atoms with Gasteiger partial charge in [-0.05, 0) is 63.5 Å². The van der Waals surface area contributed by atoms with Crippen LogP contribution in [0.4, 0.5) is 28.4 Å². The van der Waals surface area contributed by atoms with Crippen molar-refractivity contribution in [1.29, 1.82) is 0 Å². The number of aromatic nitrogens is 6. The van der Waals surface area contributed by atoms with Crippen LogP contribution in [0.3, 0.4) is 0 Å². The van der Waals surface area contributed by atoms with Crippen LogP contribution in [-0.2, 0) is 56.6 Å². The Bertz CT molecular complexity index is 2990. The van der Waals surface area contributed by atoms with E-state index in [-0.39, 0.29) is 52.2 Å². The van der Waals surface area contributed by atoms with Crippen LogP contribution in [0.5, 0.6) is 0 Å². The van der Waals surface area contributed by atoms with E-state index in [1.165, 1.54) is 73.6 Å². The van der Waals surface area contributed by atoms with Crippen molar-refractivity contribution < 1.29 is 47.8 Å². The summed E-state index contributed by atoms with van der Waals surface area (Å²) in [6, 6.07) is 8.94. The average Bonchev–Trinajstić information content (AvgIpc) is 4.16. The zero-order valence-corrected chi connectivity index (χ0v) is 40.5. The number of esters is 1. The first-order chi connectivity index (χ1) is 33.1. The summed E-state index contributed by atoms with van der Waals surface area (Å²) in [5.41, 5.74) is 3.37. The minimum absolute atomic E-state index is 0.0556. The fraction of sp³-hybridized carbons (Fsp3) is 0.319. The largest absolute Gasteiger partial charge is 0.464 e. The van der Waals surface area contributed by atoms with E-state index < -0.39 is 47.5 Å². The first-order valence-electron chi connectivity index (χ1n) is 21.8. The molecule has 23 nitrogen and oxygen atoms in total. The molecule has 6 amide bonds. The molecule has 0 saturated heterocycles. The van der Waals surface area contributed by atoms with E-state index in [9.17, 15) is 38.4 Å². The summed E-state index contributed by atoms with van der Waals surface area (Å²) >= 11 is 0. The van der Waals surface area contributed by atoms with Gasteiger partial charge in [0.2, 0.25) is 0 Å². The second-order valence-corrected chi connectivity index (χ2v) is 16.9. The Morgan fingerprint density at radius 2 is 0.857 bits per heavy atom. The number of aryl methyl sites for hydroxylation is 6. The fourth-order valence-corrected chi connectivity index (χ4v) is 7.58. The van der Waals surface area contributed by atoms with E-state index in [0.29, 0.717) is 41.2 Å². The van der Waals surface area contributed by atoms with Crippen LogP contribution in [0, 0.1) is 0 Å². The number of methoxy groups -OCH3 is 2. The van der Waals surface area contributed by atoms with Gasteiger partial charge in [-0.15, -0.1) is 0 Å². The van der Waals surface area contributed by atoms with Gasteiger partial charge in [-0.3, -0.25) is 33.6 Å². The van der Waals surface area contributed by atoms with Crippen molar-refractivity contribution in [2.24, 2.45) is 42.3 Å². The molecular formula is C47H57N13O10. The zero-order valence-electron chi connectivity index (χ0n) is 40.5. The molecule has 70 heavy (non-hydrogen) atoms. The van der Waals surface area contributed by atoms with Gasteiger partial charge in [0, 0.05) is 98.6 Å². The first-order valence-corrected chi connectivity index (χ1v) is 21.8. The van der Waals surface area contributed by atoms with E-state index in [1.807, 2.05) is 19.0 Å². The maximum absolute atomic E-state index is 13.4. The summed E-state index contributed by atoms with van der Waals surface area (Å²) in [5.74, 6) is -3.77. The molecule has 0 saturated carbocycles. The van der Waals surface area contributed by atoms with Crippen molar-refractivity contribution in [2.45, 2.75) is 18.9 Å². The number of hydrogen-bond donors (Lipinski definition) is 6. The molecule has 0 spiro atoms. The Hall–Kier alpha value is -8.44. The standard InChI is InChI=1S/C47H57N13O10/c1-54(2)13-11-12-39(61)27-14-33(55(3)21-27)42(63)49-29-16-35(57(5)23-29)43(64)50-28-15-34(56(4)22-28)41(62)48-20-40(69-9)46(67)53-31-18-37(59(7)25-31)44(65)51-30-17-36(58(6)24-30)45(66)52-32-19-38(47(68)70-10)60(8)26-32/h14-19,21-26,40H,11-13,20H2,1-10H3,(H,48,62)(H,49,63)(H,50,64)(H,51,65)(H,52,66)(H,53,67)/t40-/m1/s1. The number of nitrogens with one attached hydrogen (secondary N) is 6. The molecule has 0 unspecified atom stereocenters. The van der Waals surface area contributed by atoms with Crippen molar-refractivity contribution in [2.75, 3.05) is 68.0 Å². The highest BCUT2D eigenvalue weighted by atomic mass is 16.5. The van der Waals surface area contributed by atoms with Gasteiger partial charge in [0.15, 0.2) is 11.9 Å². The van der Waals surface area contributed by atoms with Crippen LogP contribution in [0.1, 0.15) is 86.1 Å². The second-order valence-electron chi connectivity index (χ2n) is 16.9. The lowest BCUT2D eigenvalue weighted by atomic mass is 10.1. The van der Waals surface area contributed by atoms with Gasteiger partial charge in [0.25, 0.3) is 35.4 Å². The molecule has 1 atom stereocenters. The third-order valence-electron chi connectivity index (χ3n) is 11.2. The summed E-state index contributed by atoms with van der Waals surface area (Å²) in [6.45, 7) is 0.538. The molecule has 0 aromatic carbocycles. The lowest BCUT2D eigenvalue weighted by molar-refractivity contribution is -0.125. The first kappa shape index (κ1) is 51.0. The Morgan fingerprint density at radius 3 is 1.26 bits per heavy atom. The minimum Gasteiger partial charge on any atom is -0.464 e. The number of anilines is 5. The predicted molar refractivity (Wildman–Crippen MR) is 260 cm³/mol. The lowest BCUT2D eigenvalue weighted by Gasteiger charge is -2.15. The Kier molecular flexibility index (Phi) is 15.8. The number of hydrogen-bond acceptors (Lipinski definition) is 11. The molecule has 0 fully saturated rings. The Balaban J connectivity index is 0.994. The van der Waals surface area contributed by atoms with Gasteiger partial charge < -0.3 is 73.7 Å². The van der Waals surface area contributed by atoms with Crippen LogP contribution in [0.2, 0.25) is 0 Å². The lowest BCUT2D eigenvalue weighted by Crippen LogP contribution is -2.41. The maximum Gasteiger partial charge on any atom is 0.354 e. The number of Topliss-reactive ketones (excluding diaryl/α,β-unsaturated/α-hetero) is 1. The number of carbonyl (C=O) groups excluding carboxylic acids is 8. The number of amides is 6. The smallest absolute Gasteiger partial charge is 0.354 e. The van der Waals surface area contributed by atoms with Crippen molar-refractivity contribution in [3.63, 3.8) is 0 Å². The molecule has 6 rings (SSSR count). The van der Waals surface area contributed by atoms with Gasteiger partial charge in [-0.25, -0.2) is 4.79 Å². The molecule has 0 aliphatic heterocycles. The molecule has 0 radical (unpaired) electrons. The van der Waals surface area contributed by atoms with Crippen molar-refractivity contribution in [3.05, 3.63) is 113 Å². The monoisotopic (exact) mass is 963 g/mol. The van der Waals surface area contributed by atoms with Gasteiger partial charge in [0.05, 0.1) is 42.1 Å². The van der Waals surface area contributed by atoms with Crippen molar-refractivity contribution >= 4 is 75.6 Å². The molecule has 0 aliphatic rings. The van der Waals surface area contributed by atoms with Gasteiger partial charge in [0.1, 0.15) is 34.2 Å². The summed E-state index contributed by atoms with van der Waals surface area (Å²) < 4.78 is 19.3. The highest BCUT2D eigenvalue weighted by molar-refractivity contribution is 6.09. The van der Waals surface area contributed by atoms with Crippen LogP contribution in [-0.4, -0.2) is 127 Å². The third-order valence-corrected chi connectivity index (χ3v) is 11.2. The van der Waals surface area contributed by atoms with Crippen molar-refractivity contribution in [1.82, 2.24) is 37.6 Å². The Morgan fingerprint density at radius 1 is 0.500 bits per heavy atom. The molecular weight excluding hydrogens is 907 g/mol. The molecule has 6 N–H and O–H groups in total. The minimum atomic E-state index is -1.14. The maximum atomic E-state index is 13.4. The summed E-state index contributed by atoms with van der Waals surface area (Å²) in [4.78, 5) is 106. The second kappa shape index (κ2) is 21.7. The van der Waals surface area contributed by atoms with E-state index in [1.54, 1.807) is 83.9 Å². The highest BCUT2D eigenvalue weighted by Crippen LogP contribution is 2.22. The van der Waals surface area contributed by atoms with E-state index in [2.05, 4.69) is 31.9 Å². The quantitative estimate of drug-likeness (QED) is 0.0477. The van der Waals surface area contributed by atoms with Crippen LogP contribution in [0.15, 0.2) is 73.6 Å². The van der Waals surface area contributed by atoms with Crippen LogP contribution in [0.25, 0.3) is 0 Å². The third kappa shape index (κ3) is 12.0. The van der Waals surface area contributed by atoms with Gasteiger partial charge >= 0.3 is 5.97 Å². The van der Waals surface area contributed by atoms with E-state index in [4.69, 9.17) is 9.47 Å². The molecule has 0 bridgehead atoms. The Labute approximate surface area is 402 Å². The molecule has 6 heterocycles. The van der Waals surface area contributed by atoms with Crippen molar-refractivity contribution in [3.8, 4) is 0 Å². The summed E-state index contributed by atoms with van der Waals surface area (Å²) in [5, 5.41) is 16.4. The molecule has 23 heteroatoms. The molecule has 6 aromatic heterocycles. The number of carbonyl (C=O) groups is 8. The highest BCUT2D eigenvalue weighted by Gasteiger charge is 2.24. The molecule has 370 valence electrons. The SMILES string of the molecule is COC(=O)c1cc(NC(=O)c2cc(NC(=O)c3cc(NC(=O)[C@@H](CNC(=O)c4cc(NC(=O)c5cc(NC(=O)c6cc(C(=O)CCCN(C)C)cn6C)cn5C)cn4C)OC)cn3C)cn2C)cn1C. The number of ketones is 1. The van der Waals surface area contributed by atoms with Gasteiger partial charge in [-0.2, -0.15) is 0 Å². The van der Waals surface area contributed by atoms with Crippen LogP contribution >= 0.6 is 0 Å². The summed E-state index contributed by atoms with van der Waals surface area (Å²) in [7, 11) is 16.3. The van der Waals surface area contributed by atoms with Gasteiger partial charge in [-0.1, -0.05) is 0 Å². The molecule has 6 aromatic rings. The normalized spacial score (nSPS) is 11.5.